The number of carbonyl (C=O) groups is 2. The molecule has 1 unspecified atom stereocenters. The van der Waals surface area contributed by atoms with E-state index in [9.17, 15) is 14.0 Å². The average Bonchev–Trinajstić information content (AvgIpc) is 2.61. The van der Waals surface area contributed by atoms with Crippen molar-refractivity contribution in [1.82, 2.24) is 5.32 Å². The number of aliphatic carboxylic acids is 1. The molecule has 1 amide bonds. The first-order valence-corrected chi connectivity index (χ1v) is 9.13. The van der Waals surface area contributed by atoms with Crippen LogP contribution in [0.5, 0.6) is 5.75 Å². The zero-order valence-electron chi connectivity index (χ0n) is 14.5. The van der Waals surface area contributed by atoms with Crippen LogP contribution in [0.3, 0.4) is 0 Å². The van der Waals surface area contributed by atoms with Gasteiger partial charge in [-0.3, -0.25) is 9.59 Å². The smallest absolute Gasteiger partial charge is 0.305 e. The SMILES string of the molecule is COc1ccc(F)cc1CC(=O)NC(CC(=O)O)c1ccc(SC)cc1. The summed E-state index contributed by atoms with van der Waals surface area (Å²) in [5, 5.41) is 11.9. The van der Waals surface area contributed by atoms with Gasteiger partial charge in [0.15, 0.2) is 0 Å². The van der Waals surface area contributed by atoms with E-state index < -0.39 is 23.7 Å². The second kappa shape index (κ2) is 9.24. The highest BCUT2D eigenvalue weighted by Crippen LogP contribution is 2.23. The molecule has 2 aromatic carbocycles. The number of carboxylic acids is 1. The maximum atomic E-state index is 13.4. The average molecular weight is 377 g/mol. The van der Waals surface area contributed by atoms with Crippen molar-refractivity contribution in [2.75, 3.05) is 13.4 Å². The fraction of sp³-hybridized carbons (Fsp3) is 0.263. The molecule has 0 fully saturated rings. The van der Waals surface area contributed by atoms with Gasteiger partial charge in [-0.05, 0) is 42.2 Å². The molecule has 138 valence electrons. The number of thioether (sulfide) groups is 1. The quantitative estimate of drug-likeness (QED) is 0.690. The van der Waals surface area contributed by atoms with Crippen molar-refractivity contribution in [3.05, 3.63) is 59.4 Å². The molecule has 2 N–H and O–H groups in total. The normalized spacial score (nSPS) is 11.7. The molecule has 7 heteroatoms. The summed E-state index contributed by atoms with van der Waals surface area (Å²) in [5.74, 6) is -1.49. The van der Waals surface area contributed by atoms with Crippen molar-refractivity contribution in [2.24, 2.45) is 0 Å². The fourth-order valence-corrected chi connectivity index (χ4v) is 2.97. The summed E-state index contributed by atoms with van der Waals surface area (Å²) in [6.07, 6.45) is 1.59. The number of hydrogen-bond acceptors (Lipinski definition) is 4. The Morgan fingerprint density at radius 3 is 2.50 bits per heavy atom. The third kappa shape index (κ3) is 5.49. The van der Waals surface area contributed by atoms with Gasteiger partial charge >= 0.3 is 5.97 Å². The number of ether oxygens (including phenoxy) is 1. The highest BCUT2D eigenvalue weighted by Gasteiger charge is 2.19. The molecule has 0 saturated heterocycles. The fourth-order valence-electron chi connectivity index (χ4n) is 2.57. The minimum absolute atomic E-state index is 0.111. The first-order valence-electron chi connectivity index (χ1n) is 7.90. The zero-order chi connectivity index (χ0) is 19.1. The van der Waals surface area contributed by atoms with Crippen LogP contribution in [0.2, 0.25) is 0 Å². The lowest BCUT2D eigenvalue weighted by atomic mass is 10.0. The van der Waals surface area contributed by atoms with E-state index in [1.54, 1.807) is 23.9 Å². The minimum Gasteiger partial charge on any atom is -0.496 e. The molecule has 26 heavy (non-hydrogen) atoms. The lowest BCUT2D eigenvalue weighted by Crippen LogP contribution is -2.31. The van der Waals surface area contributed by atoms with E-state index >= 15 is 0 Å². The zero-order valence-corrected chi connectivity index (χ0v) is 15.3. The summed E-state index contributed by atoms with van der Waals surface area (Å²) >= 11 is 1.57. The molecule has 0 heterocycles. The second-order valence-electron chi connectivity index (χ2n) is 5.62. The molecular formula is C19H20FNO4S. The van der Waals surface area contributed by atoms with Crippen LogP contribution in [-0.4, -0.2) is 30.3 Å². The maximum absolute atomic E-state index is 13.4. The predicted octanol–water partition coefficient (Wildman–Crippen LogP) is 3.43. The van der Waals surface area contributed by atoms with Crippen LogP contribution in [0, 0.1) is 5.82 Å². The Bertz CT molecular complexity index is 780. The summed E-state index contributed by atoms with van der Waals surface area (Å²) in [5.41, 5.74) is 1.10. The molecule has 1 atom stereocenters. The Morgan fingerprint density at radius 2 is 1.92 bits per heavy atom. The van der Waals surface area contributed by atoms with Gasteiger partial charge in [0.2, 0.25) is 5.91 Å². The molecule has 0 aromatic heterocycles. The molecule has 0 aliphatic rings. The topological polar surface area (TPSA) is 75.6 Å². The van der Waals surface area contributed by atoms with Crippen molar-refractivity contribution in [3.63, 3.8) is 0 Å². The summed E-state index contributed by atoms with van der Waals surface area (Å²) in [7, 11) is 1.44. The molecule has 0 bridgehead atoms. The van der Waals surface area contributed by atoms with E-state index in [0.29, 0.717) is 16.9 Å². The lowest BCUT2D eigenvalue weighted by molar-refractivity contribution is -0.137. The van der Waals surface area contributed by atoms with Crippen molar-refractivity contribution >= 4 is 23.6 Å². The molecule has 0 saturated carbocycles. The van der Waals surface area contributed by atoms with Gasteiger partial charge in [0.25, 0.3) is 0 Å². The second-order valence-corrected chi connectivity index (χ2v) is 6.50. The largest absolute Gasteiger partial charge is 0.496 e. The summed E-state index contributed by atoms with van der Waals surface area (Å²) < 4.78 is 18.6. The van der Waals surface area contributed by atoms with E-state index in [1.807, 2.05) is 18.4 Å². The number of rotatable bonds is 8. The standard InChI is InChI=1S/C19H20FNO4S/c1-25-17-8-5-14(20)9-13(17)10-18(22)21-16(11-19(23)24)12-3-6-15(26-2)7-4-12/h3-9,16H,10-11H2,1-2H3,(H,21,22)(H,23,24). The Morgan fingerprint density at radius 1 is 1.23 bits per heavy atom. The van der Waals surface area contributed by atoms with Gasteiger partial charge in [-0.15, -0.1) is 11.8 Å². The van der Waals surface area contributed by atoms with Gasteiger partial charge in [0, 0.05) is 10.5 Å². The molecule has 0 radical (unpaired) electrons. The van der Waals surface area contributed by atoms with Crippen LogP contribution in [0.25, 0.3) is 0 Å². The first kappa shape index (κ1) is 19.8. The highest BCUT2D eigenvalue weighted by molar-refractivity contribution is 7.98. The van der Waals surface area contributed by atoms with Gasteiger partial charge < -0.3 is 15.2 Å². The van der Waals surface area contributed by atoms with E-state index in [-0.39, 0.29) is 12.8 Å². The van der Waals surface area contributed by atoms with Crippen LogP contribution < -0.4 is 10.1 Å². The third-order valence-corrected chi connectivity index (χ3v) is 4.57. The summed E-state index contributed by atoms with van der Waals surface area (Å²) in [6, 6.07) is 10.6. The van der Waals surface area contributed by atoms with Crippen LogP contribution in [0.1, 0.15) is 23.6 Å². The van der Waals surface area contributed by atoms with Crippen LogP contribution in [0.15, 0.2) is 47.4 Å². The molecule has 0 spiro atoms. The Labute approximate surface area is 155 Å². The molecule has 0 aliphatic carbocycles. The molecular weight excluding hydrogens is 357 g/mol. The number of benzene rings is 2. The number of amides is 1. The van der Waals surface area contributed by atoms with E-state index in [0.717, 1.165) is 4.90 Å². The van der Waals surface area contributed by atoms with Gasteiger partial charge in [0.05, 0.1) is 26.0 Å². The van der Waals surface area contributed by atoms with E-state index in [4.69, 9.17) is 9.84 Å². The van der Waals surface area contributed by atoms with Crippen LogP contribution >= 0.6 is 11.8 Å². The van der Waals surface area contributed by atoms with Gasteiger partial charge in [-0.1, -0.05) is 12.1 Å². The van der Waals surface area contributed by atoms with E-state index in [2.05, 4.69) is 5.32 Å². The Hall–Kier alpha value is -2.54. The van der Waals surface area contributed by atoms with Crippen LogP contribution in [0.4, 0.5) is 4.39 Å². The van der Waals surface area contributed by atoms with Crippen LogP contribution in [-0.2, 0) is 16.0 Å². The third-order valence-electron chi connectivity index (χ3n) is 3.83. The Balaban J connectivity index is 2.15. The first-order chi connectivity index (χ1) is 12.4. The predicted molar refractivity (Wildman–Crippen MR) is 98.0 cm³/mol. The highest BCUT2D eigenvalue weighted by atomic mass is 32.2. The molecule has 5 nitrogen and oxygen atoms in total. The van der Waals surface area contributed by atoms with Gasteiger partial charge in [-0.25, -0.2) is 4.39 Å². The Kier molecular flexibility index (Phi) is 7.03. The molecule has 2 aromatic rings. The monoisotopic (exact) mass is 377 g/mol. The summed E-state index contributed by atoms with van der Waals surface area (Å²) in [6.45, 7) is 0. The van der Waals surface area contributed by atoms with Crippen molar-refractivity contribution in [1.29, 1.82) is 0 Å². The maximum Gasteiger partial charge on any atom is 0.305 e. The van der Waals surface area contributed by atoms with Gasteiger partial charge in [0.1, 0.15) is 11.6 Å². The number of halogens is 1. The molecule has 2 rings (SSSR count). The van der Waals surface area contributed by atoms with Crippen molar-refractivity contribution in [2.45, 2.75) is 23.8 Å². The number of nitrogens with one attached hydrogen (secondary N) is 1. The number of carbonyl (C=O) groups excluding carboxylic acids is 1. The number of hydrogen-bond donors (Lipinski definition) is 2. The molecule has 0 aliphatic heterocycles. The summed E-state index contributed by atoms with van der Waals surface area (Å²) in [4.78, 5) is 24.6. The lowest BCUT2D eigenvalue weighted by Gasteiger charge is -2.18. The van der Waals surface area contributed by atoms with Crippen molar-refractivity contribution < 1.29 is 23.8 Å². The number of methoxy groups -OCH3 is 1. The van der Waals surface area contributed by atoms with Gasteiger partial charge in [-0.2, -0.15) is 0 Å². The van der Waals surface area contributed by atoms with E-state index in [1.165, 1.54) is 25.3 Å². The van der Waals surface area contributed by atoms with Crippen molar-refractivity contribution in [3.8, 4) is 5.75 Å². The minimum atomic E-state index is -1.02. The number of carboxylic acid groups (broad SMARTS) is 1.